The summed E-state index contributed by atoms with van der Waals surface area (Å²) in [5, 5.41) is 0. The average Bonchev–Trinajstić information content (AvgIpc) is 2.58. The van der Waals surface area contributed by atoms with Gasteiger partial charge >= 0.3 is 0 Å². The van der Waals surface area contributed by atoms with Crippen LogP contribution in [0.1, 0.15) is 26.3 Å². The molecule has 2 aromatic carbocycles. The molecule has 0 saturated heterocycles. The van der Waals surface area contributed by atoms with Gasteiger partial charge in [0.25, 0.3) is 11.8 Å². The molecule has 0 heterocycles. The summed E-state index contributed by atoms with van der Waals surface area (Å²) in [4.78, 5) is 24.2. The maximum Gasteiger partial charge on any atom is 0.269 e. The molecular weight excluding hydrogens is 296 g/mol. The van der Waals surface area contributed by atoms with Crippen molar-refractivity contribution in [3.63, 3.8) is 0 Å². The van der Waals surface area contributed by atoms with E-state index < -0.39 is 11.8 Å². The van der Waals surface area contributed by atoms with E-state index >= 15 is 0 Å². The second-order valence-corrected chi connectivity index (χ2v) is 4.88. The Hall–Kier alpha value is -3.02. The van der Waals surface area contributed by atoms with Crippen molar-refractivity contribution in [1.29, 1.82) is 0 Å². The lowest BCUT2D eigenvalue weighted by molar-refractivity contribution is 0.0846. The SMILES string of the molecule is COc1cc(OC)cc(C(=O)NNC(=O)c2cccc(C)c2)c1. The molecule has 0 aliphatic heterocycles. The Bertz CT molecular complexity index is 706. The number of methoxy groups -OCH3 is 2. The van der Waals surface area contributed by atoms with Gasteiger partial charge in [0.2, 0.25) is 0 Å². The van der Waals surface area contributed by atoms with Gasteiger partial charge in [0.1, 0.15) is 11.5 Å². The number of rotatable bonds is 4. The predicted molar refractivity (Wildman–Crippen MR) is 85.7 cm³/mol. The van der Waals surface area contributed by atoms with Crippen LogP contribution in [0.4, 0.5) is 0 Å². The zero-order valence-corrected chi connectivity index (χ0v) is 13.2. The third-order valence-electron chi connectivity index (χ3n) is 3.18. The molecule has 0 bridgehead atoms. The summed E-state index contributed by atoms with van der Waals surface area (Å²) in [6.07, 6.45) is 0. The molecular formula is C17H18N2O4. The van der Waals surface area contributed by atoms with Crippen LogP contribution in [0.2, 0.25) is 0 Å². The number of ether oxygens (including phenoxy) is 2. The molecule has 0 saturated carbocycles. The highest BCUT2D eigenvalue weighted by Gasteiger charge is 2.12. The molecule has 6 nitrogen and oxygen atoms in total. The molecule has 2 aromatic rings. The van der Waals surface area contributed by atoms with Gasteiger partial charge in [0.15, 0.2) is 0 Å². The molecule has 2 N–H and O–H groups in total. The Morgan fingerprint density at radius 1 is 0.826 bits per heavy atom. The minimum absolute atomic E-state index is 0.311. The summed E-state index contributed by atoms with van der Waals surface area (Å²) in [6.45, 7) is 1.89. The lowest BCUT2D eigenvalue weighted by atomic mass is 10.1. The number of benzene rings is 2. The fraction of sp³-hybridized carbons (Fsp3) is 0.176. The van der Waals surface area contributed by atoms with Crippen LogP contribution < -0.4 is 20.3 Å². The second kappa shape index (κ2) is 7.31. The number of aryl methyl sites for hydroxylation is 1. The molecule has 6 heteroatoms. The summed E-state index contributed by atoms with van der Waals surface area (Å²) in [5.41, 5.74) is 6.49. The Kier molecular flexibility index (Phi) is 5.19. The first kappa shape index (κ1) is 16.4. The number of hydrogen-bond acceptors (Lipinski definition) is 4. The lowest BCUT2D eigenvalue weighted by Gasteiger charge is -2.10. The number of amides is 2. The van der Waals surface area contributed by atoms with E-state index in [1.165, 1.54) is 14.2 Å². The highest BCUT2D eigenvalue weighted by atomic mass is 16.5. The number of nitrogens with one attached hydrogen (secondary N) is 2. The van der Waals surface area contributed by atoms with E-state index in [0.717, 1.165) is 5.56 Å². The van der Waals surface area contributed by atoms with Gasteiger partial charge in [0.05, 0.1) is 14.2 Å². The van der Waals surface area contributed by atoms with Crippen LogP contribution in [0.25, 0.3) is 0 Å². The molecule has 0 unspecified atom stereocenters. The second-order valence-electron chi connectivity index (χ2n) is 4.88. The van der Waals surface area contributed by atoms with Crippen LogP contribution >= 0.6 is 0 Å². The fourth-order valence-electron chi connectivity index (χ4n) is 1.98. The van der Waals surface area contributed by atoms with E-state index in [4.69, 9.17) is 9.47 Å². The first-order chi connectivity index (χ1) is 11.0. The van der Waals surface area contributed by atoms with Crippen molar-refractivity contribution < 1.29 is 19.1 Å². The van der Waals surface area contributed by atoms with Crippen molar-refractivity contribution in [3.8, 4) is 11.5 Å². The Balaban J connectivity index is 2.06. The van der Waals surface area contributed by atoms with Crippen LogP contribution in [0.3, 0.4) is 0 Å². The molecule has 0 fully saturated rings. The van der Waals surface area contributed by atoms with E-state index in [1.807, 2.05) is 13.0 Å². The summed E-state index contributed by atoms with van der Waals surface area (Å²) in [5.74, 6) is 0.110. The molecule has 0 spiro atoms. The highest BCUT2D eigenvalue weighted by molar-refractivity contribution is 5.99. The number of carbonyl (C=O) groups excluding carboxylic acids is 2. The smallest absolute Gasteiger partial charge is 0.269 e. The Labute approximate surface area is 134 Å². The minimum atomic E-state index is -0.469. The third kappa shape index (κ3) is 4.23. The molecule has 0 radical (unpaired) electrons. The number of hydrogen-bond donors (Lipinski definition) is 2. The van der Waals surface area contributed by atoms with Gasteiger partial charge in [-0.1, -0.05) is 17.7 Å². The van der Waals surface area contributed by atoms with E-state index in [9.17, 15) is 9.59 Å². The molecule has 2 rings (SSSR count). The van der Waals surface area contributed by atoms with Gasteiger partial charge in [0, 0.05) is 17.2 Å². The third-order valence-corrected chi connectivity index (χ3v) is 3.18. The number of hydrazine groups is 1. The molecule has 0 aliphatic carbocycles. The summed E-state index contributed by atoms with van der Waals surface area (Å²) >= 11 is 0. The Morgan fingerprint density at radius 2 is 1.39 bits per heavy atom. The van der Waals surface area contributed by atoms with Crippen LogP contribution in [0, 0.1) is 6.92 Å². The van der Waals surface area contributed by atoms with Crippen LogP contribution in [-0.4, -0.2) is 26.0 Å². The average molecular weight is 314 g/mol. The van der Waals surface area contributed by atoms with Crippen molar-refractivity contribution in [2.24, 2.45) is 0 Å². The minimum Gasteiger partial charge on any atom is -0.497 e. The normalized spacial score (nSPS) is 9.87. The van der Waals surface area contributed by atoms with Gasteiger partial charge in [-0.15, -0.1) is 0 Å². The summed E-state index contributed by atoms with van der Waals surface area (Å²) in [7, 11) is 2.99. The van der Waals surface area contributed by atoms with Crippen molar-refractivity contribution >= 4 is 11.8 Å². The van der Waals surface area contributed by atoms with Gasteiger partial charge < -0.3 is 9.47 Å². The molecule has 2 amide bonds. The van der Waals surface area contributed by atoms with Crippen molar-refractivity contribution in [2.45, 2.75) is 6.92 Å². The van der Waals surface area contributed by atoms with Gasteiger partial charge in [-0.3, -0.25) is 20.4 Å². The predicted octanol–water partition coefficient (Wildman–Crippen LogP) is 2.09. The highest BCUT2D eigenvalue weighted by Crippen LogP contribution is 2.22. The van der Waals surface area contributed by atoms with Crippen LogP contribution in [0.15, 0.2) is 42.5 Å². The van der Waals surface area contributed by atoms with E-state index in [0.29, 0.717) is 22.6 Å². The van der Waals surface area contributed by atoms with E-state index in [1.54, 1.807) is 36.4 Å². The maximum atomic E-state index is 12.1. The standard InChI is InChI=1S/C17H18N2O4/c1-11-5-4-6-12(7-11)16(20)18-19-17(21)13-8-14(22-2)10-15(9-13)23-3/h4-10H,1-3H3,(H,18,20)(H,19,21). The summed E-state index contributed by atoms with van der Waals surface area (Å²) < 4.78 is 10.2. The fourth-order valence-corrected chi connectivity index (χ4v) is 1.98. The van der Waals surface area contributed by atoms with E-state index in [2.05, 4.69) is 10.9 Å². The first-order valence-corrected chi connectivity index (χ1v) is 6.94. The molecule has 120 valence electrons. The van der Waals surface area contributed by atoms with E-state index in [-0.39, 0.29) is 0 Å². The van der Waals surface area contributed by atoms with Crippen LogP contribution in [0.5, 0.6) is 11.5 Å². The molecule has 23 heavy (non-hydrogen) atoms. The van der Waals surface area contributed by atoms with Gasteiger partial charge in [-0.05, 0) is 31.2 Å². The number of carbonyl (C=O) groups is 2. The maximum absolute atomic E-state index is 12.1. The lowest BCUT2D eigenvalue weighted by Crippen LogP contribution is -2.41. The first-order valence-electron chi connectivity index (χ1n) is 6.94. The van der Waals surface area contributed by atoms with Crippen LogP contribution in [-0.2, 0) is 0 Å². The summed E-state index contributed by atoms with van der Waals surface area (Å²) in [6, 6.07) is 11.8. The molecule has 0 aliphatic rings. The van der Waals surface area contributed by atoms with Crippen molar-refractivity contribution in [3.05, 3.63) is 59.2 Å². The van der Waals surface area contributed by atoms with Gasteiger partial charge in [-0.2, -0.15) is 0 Å². The van der Waals surface area contributed by atoms with Crippen molar-refractivity contribution in [2.75, 3.05) is 14.2 Å². The topological polar surface area (TPSA) is 76.7 Å². The zero-order chi connectivity index (χ0) is 16.8. The van der Waals surface area contributed by atoms with Crippen molar-refractivity contribution in [1.82, 2.24) is 10.9 Å². The molecule has 0 atom stereocenters. The zero-order valence-electron chi connectivity index (χ0n) is 13.2. The molecule has 0 aromatic heterocycles. The monoisotopic (exact) mass is 314 g/mol. The quantitative estimate of drug-likeness (QED) is 0.847. The Morgan fingerprint density at radius 3 is 1.91 bits per heavy atom. The van der Waals surface area contributed by atoms with Gasteiger partial charge in [-0.25, -0.2) is 0 Å². The largest absolute Gasteiger partial charge is 0.497 e.